The van der Waals surface area contributed by atoms with Crippen molar-refractivity contribution in [2.75, 3.05) is 0 Å². The topological polar surface area (TPSA) is 81.2 Å². The average molecular weight is 257 g/mol. The molecule has 0 radical (unpaired) electrons. The Morgan fingerprint density at radius 1 is 1.42 bits per heavy atom. The van der Waals surface area contributed by atoms with Gasteiger partial charge in [0, 0.05) is 6.07 Å². The van der Waals surface area contributed by atoms with E-state index in [9.17, 15) is 4.79 Å². The SMILES string of the molecule is Cc1cc(Cn2cnc3cc(C(=O)O)ccc32)on1. The molecule has 0 unspecified atom stereocenters. The number of carbonyl (C=O) groups is 1. The molecule has 3 aromatic rings. The quantitative estimate of drug-likeness (QED) is 0.776. The molecular weight excluding hydrogens is 246 g/mol. The second-order valence-corrected chi connectivity index (χ2v) is 4.32. The zero-order chi connectivity index (χ0) is 13.4. The van der Waals surface area contributed by atoms with Gasteiger partial charge in [0.05, 0.1) is 35.2 Å². The minimum absolute atomic E-state index is 0.230. The van der Waals surface area contributed by atoms with Gasteiger partial charge in [-0.1, -0.05) is 5.16 Å². The molecule has 6 heteroatoms. The van der Waals surface area contributed by atoms with Crippen molar-refractivity contribution in [2.24, 2.45) is 0 Å². The predicted molar refractivity (Wildman–Crippen MR) is 67.0 cm³/mol. The highest BCUT2D eigenvalue weighted by Gasteiger charge is 2.09. The van der Waals surface area contributed by atoms with Gasteiger partial charge in [-0.2, -0.15) is 0 Å². The lowest BCUT2D eigenvalue weighted by Gasteiger charge is -2.01. The van der Waals surface area contributed by atoms with E-state index in [-0.39, 0.29) is 5.56 Å². The van der Waals surface area contributed by atoms with Crippen LogP contribution in [0.25, 0.3) is 11.0 Å². The normalized spacial score (nSPS) is 11.0. The monoisotopic (exact) mass is 257 g/mol. The van der Waals surface area contributed by atoms with Crippen molar-refractivity contribution in [3.63, 3.8) is 0 Å². The van der Waals surface area contributed by atoms with Crippen molar-refractivity contribution < 1.29 is 14.4 Å². The van der Waals surface area contributed by atoms with Crippen molar-refractivity contribution in [2.45, 2.75) is 13.5 Å². The Labute approximate surface area is 108 Å². The molecule has 3 rings (SSSR count). The van der Waals surface area contributed by atoms with Gasteiger partial charge < -0.3 is 14.2 Å². The van der Waals surface area contributed by atoms with E-state index in [1.165, 1.54) is 0 Å². The number of hydrogen-bond donors (Lipinski definition) is 1. The maximum atomic E-state index is 10.9. The predicted octanol–water partition coefficient (Wildman–Crippen LogP) is 2.08. The number of rotatable bonds is 3. The lowest BCUT2D eigenvalue weighted by molar-refractivity contribution is 0.0697. The standard InChI is InChI=1S/C13H11N3O3/c1-8-4-10(19-15-8)6-16-7-14-11-5-9(13(17)18)2-3-12(11)16/h2-5,7H,6H2,1H3,(H,17,18). The summed E-state index contributed by atoms with van der Waals surface area (Å²) in [6.07, 6.45) is 1.66. The highest BCUT2D eigenvalue weighted by atomic mass is 16.5. The molecule has 0 fully saturated rings. The summed E-state index contributed by atoms with van der Waals surface area (Å²) in [5.41, 5.74) is 2.57. The van der Waals surface area contributed by atoms with E-state index >= 15 is 0 Å². The summed E-state index contributed by atoms with van der Waals surface area (Å²) in [6.45, 7) is 2.38. The van der Waals surface area contributed by atoms with Gasteiger partial charge in [0.2, 0.25) is 0 Å². The Morgan fingerprint density at radius 2 is 2.26 bits per heavy atom. The van der Waals surface area contributed by atoms with Crippen LogP contribution in [0.15, 0.2) is 35.1 Å². The van der Waals surface area contributed by atoms with E-state index in [2.05, 4.69) is 10.1 Å². The zero-order valence-electron chi connectivity index (χ0n) is 10.2. The van der Waals surface area contributed by atoms with E-state index in [0.29, 0.717) is 12.1 Å². The van der Waals surface area contributed by atoms with Crippen LogP contribution in [0.2, 0.25) is 0 Å². The van der Waals surface area contributed by atoms with Gasteiger partial charge in [0.25, 0.3) is 0 Å². The van der Waals surface area contributed by atoms with Crippen molar-refractivity contribution in [1.82, 2.24) is 14.7 Å². The molecule has 0 aliphatic heterocycles. The summed E-state index contributed by atoms with van der Waals surface area (Å²) < 4.78 is 7.05. The Kier molecular flexibility index (Phi) is 2.56. The number of imidazole rings is 1. The molecular formula is C13H11N3O3. The van der Waals surface area contributed by atoms with Crippen molar-refractivity contribution in [3.8, 4) is 0 Å². The fourth-order valence-electron chi connectivity index (χ4n) is 1.98. The molecule has 1 N–H and O–H groups in total. The van der Waals surface area contributed by atoms with Crippen molar-refractivity contribution in [1.29, 1.82) is 0 Å². The number of nitrogens with zero attached hydrogens (tertiary/aromatic N) is 3. The summed E-state index contributed by atoms with van der Waals surface area (Å²) in [5, 5.41) is 12.8. The van der Waals surface area contributed by atoms with Crippen LogP contribution in [0.5, 0.6) is 0 Å². The molecule has 0 aliphatic carbocycles. The molecule has 0 bridgehead atoms. The van der Waals surface area contributed by atoms with Gasteiger partial charge in [0.15, 0.2) is 5.76 Å². The van der Waals surface area contributed by atoms with Crippen molar-refractivity contribution in [3.05, 3.63) is 47.6 Å². The molecule has 0 saturated carbocycles. The largest absolute Gasteiger partial charge is 0.478 e. The smallest absolute Gasteiger partial charge is 0.335 e. The maximum Gasteiger partial charge on any atom is 0.335 e. The number of aryl methyl sites for hydroxylation is 1. The fourth-order valence-corrected chi connectivity index (χ4v) is 1.98. The highest BCUT2D eigenvalue weighted by molar-refractivity contribution is 5.92. The molecule has 19 heavy (non-hydrogen) atoms. The van der Waals surface area contributed by atoms with E-state index in [4.69, 9.17) is 9.63 Å². The number of fused-ring (bicyclic) bond motifs is 1. The van der Waals surface area contributed by atoms with Gasteiger partial charge >= 0.3 is 5.97 Å². The molecule has 0 aliphatic rings. The van der Waals surface area contributed by atoms with Crippen LogP contribution in [0, 0.1) is 6.92 Å². The van der Waals surface area contributed by atoms with Gasteiger partial charge in [0.1, 0.15) is 0 Å². The van der Waals surface area contributed by atoms with Crippen LogP contribution in [0.4, 0.5) is 0 Å². The molecule has 96 valence electrons. The minimum Gasteiger partial charge on any atom is -0.478 e. The van der Waals surface area contributed by atoms with Gasteiger partial charge in [-0.05, 0) is 25.1 Å². The Hall–Kier alpha value is -2.63. The Balaban J connectivity index is 1.99. The first kappa shape index (κ1) is 11.5. The van der Waals surface area contributed by atoms with Gasteiger partial charge in [-0.25, -0.2) is 9.78 Å². The number of benzene rings is 1. The Morgan fingerprint density at radius 3 is 2.95 bits per heavy atom. The second-order valence-electron chi connectivity index (χ2n) is 4.32. The van der Waals surface area contributed by atoms with Crippen LogP contribution in [-0.2, 0) is 6.54 Å². The Bertz CT molecular complexity index is 757. The summed E-state index contributed by atoms with van der Waals surface area (Å²) in [6, 6.07) is 6.72. The summed E-state index contributed by atoms with van der Waals surface area (Å²) in [5.74, 6) is -0.221. The van der Waals surface area contributed by atoms with Crippen LogP contribution < -0.4 is 0 Å². The number of aromatic carboxylic acids is 1. The van der Waals surface area contributed by atoms with E-state index in [1.807, 2.05) is 17.6 Å². The molecule has 0 atom stereocenters. The number of carboxylic acids is 1. The third kappa shape index (κ3) is 2.08. The zero-order valence-corrected chi connectivity index (χ0v) is 10.2. The number of carboxylic acid groups (broad SMARTS) is 1. The fraction of sp³-hybridized carbons (Fsp3) is 0.154. The molecule has 0 amide bonds. The third-order valence-corrected chi connectivity index (χ3v) is 2.87. The summed E-state index contributed by atoms with van der Waals surface area (Å²) in [4.78, 5) is 15.1. The molecule has 6 nitrogen and oxygen atoms in total. The minimum atomic E-state index is -0.956. The first-order chi connectivity index (χ1) is 9.13. The van der Waals surface area contributed by atoms with Gasteiger partial charge in [-0.15, -0.1) is 0 Å². The van der Waals surface area contributed by atoms with Gasteiger partial charge in [-0.3, -0.25) is 0 Å². The van der Waals surface area contributed by atoms with Crippen molar-refractivity contribution >= 4 is 17.0 Å². The van der Waals surface area contributed by atoms with E-state index in [0.717, 1.165) is 17.0 Å². The lowest BCUT2D eigenvalue weighted by atomic mass is 10.2. The van der Waals surface area contributed by atoms with Crippen LogP contribution >= 0.6 is 0 Å². The molecule has 2 aromatic heterocycles. The number of aromatic nitrogens is 3. The van der Waals surface area contributed by atoms with Crippen LogP contribution in [0.1, 0.15) is 21.8 Å². The lowest BCUT2D eigenvalue weighted by Crippen LogP contribution is -1.98. The summed E-state index contributed by atoms with van der Waals surface area (Å²) in [7, 11) is 0. The molecule has 0 spiro atoms. The first-order valence-corrected chi connectivity index (χ1v) is 5.74. The first-order valence-electron chi connectivity index (χ1n) is 5.74. The average Bonchev–Trinajstić information content (AvgIpc) is 2.96. The third-order valence-electron chi connectivity index (χ3n) is 2.87. The second kappa shape index (κ2) is 4.24. The molecule has 2 heterocycles. The summed E-state index contributed by atoms with van der Waals surface area (Å²) >= 11 is 0. The van der Waals surface area contributed by atoms with Crippen LogP contribution in [-0.4, -0.2) is 25.8 Å². The number of hydrogen-bond acceptors (Lipinski definition) is 4. The van der Waals surface area contributed by atoms with Crippen LogP contribution in [0.3, 0.4) is 0 Å². The van der Waals surface area contributed by atoms with E-state index < -0.39 is 5.97 Å². The molecule has 1 aromatic carbocycles. The maximum absolute atomic E-state index is 10.9. The van der Waals surface area contributed by atoms with E-state index in [1.54, 1.807) is 24.5 Å². The molecule has 0 saturated heterocycles. The highest BCUT2D eigenvalue weighted by Crippen LogP contribution is 2.17.